The number of aryl methyl sites for hydroxylation is 3. The van der Waals surface area contributed by atoms with Crippen LogP contribution in [0.3, 0.4) is 0 Å². The molecule has 0 bridgehead atoms. The third kappa shape index (κ3) is 5.06. The Kier molecular flexibility index (Phi) is 6.78. The van der Waals surface area contributed by atoms with Crippen LogP contribution in [0.1, 0.15) is 42.1 Å². The van der Waals surface area contributed by atoms with E-state index < -0.39 is 0 Å². The van der Waals surface area contributed by atoms with Crippen LogP contribution in [0.4, 0.5) is 5.69 Å². The van der Waals surface area contributed by atoms with Crippen LogP contribution in [0.15, 0.2) is 66.7 Å². The Bertz CT molecular complexity index is 1350. The monoisotopic (exact) mass is 487 g/mol. The Morgan fingerprint density at radius 1 is 1.03 bits per heavy atom. The molecule has 1 unspecified atom stereocenters. The first-order chi connectivity index (χ1) is 17.0. The highest BCUT2D eigenvalue weighted by molar-refractivity contribution is 6.30. The molecule has 1 aromatic heterocycles. The molecule has 4 aromatic rings. The summed E-state index contributed by atoms with van der Waals surface area (Å²) in [4.78, 5) is 20.0. The van der Waals surface area contributed by atoms with E-state index in [1.165, 1.54) is 5.56 Å². The molecule has 0 saturated carbocycles. The van der Waals surface area contributed by atoms with Gasteiger partial charge in [-0.3, -0.25) is 4.79 Å². The molecule has 1 saturated heterocycles. The van der Waals surface area contributed by atoms with E-state index in [-0.39, 0.29) is 11.8 Å². The molecule has 35 heavy (non-hydrogen) atoms. The summed E-state index contributed by atoms with van der Waals surface area (Å²) < 4.78 is 8.17. The first-order valence-electron chi connectivity index (χ1n) is 12.2. The van der Waals surface area contributed by atoms with Crippen molar-refractivity contribution in [1.29, 1.82) is 0 Å². The lowest BCUT2D eigenvalue weighted by Crippen LogP contribution is -2.25. The molecule has 1 fully saturated rings. The second-order valence-corrected chi connectivity index (χ2v) is 9.75. The smallest absolute Gasteiger partial charge is 0.227 e. The molecule has 180 valence electrons. The van der Waals surface area contributed by atoms with Gasteiger partial charge in [-0.2, -0.15) is 0 Å². The summed E-state index contributed by atoms with van der Waals surface area (Å²) in [6, 6.07) is 22.0. The number of carbonyl (C=O) groups excluding carboxylic acids is 1. The normalized spacial score (nSPS) is 15.8. The molecule has 1 amide bonds. The van der Waals surface area contributed by atoms with Gasteiger partial charge < -0.3 is 14.2 Å². The van der Waals surface area contributed by atoms with Crippen LogP contribution < -0.4 is 9.64 Å². The predicted molar refractivity (Wildman–Crippen MR) is 142 cm³/mol. The summed E-state index contributed by atoms with van der Waals surface area (Å²) >= 11 is 5.95. The molecule has 0 radical (unpaired) electrons. The summed E-state index contributed by atoms with van der Waals surface area (Å²) in [6.07, 6.45) is 2.37. The Morgan fingerprint density at radius 3 is 2.63 bits per heavy atom. The van der Waals surface area contributed by atoms with Gasteiger partial charge in [0.15, 0.2) is 0 Å². The summed E-state index contributed by atoms with van der Waals surface area (Å²) in [7, 11) is 0. The summed E-state index contributed by atoms with van der Waals surface area (Å²) in [5.41, 5.74) is 5.45. The fraction of sp³-hybridized carbons (Fsp3) is 0.310. The lowest BCUT2D eigenvalue weighted by Gasteiger charge is -2.20. The van der Waals surface area contributed by atoms with E-state index in [1.807, 2.05) is 35.2 Å². The van der Waals surface area contributed by atoms with Crippen molar-refractivity contribution in [1.82, 2.24) is 9.55 Å². The van der Waals surface area contributed by atoms with Crippen molar-refractivity contribution < 1.29 is 9.53 Å². The Morgan fingerprint density at radius 2 is 1.83 bits per heavy atom. The number of halogens is 1. The van der Waals surface area contributed by atoms with E-state index in [1.54, 1.807) is 0 Å². The third-order valence-corrected chi connectivity index (χ3v) is 6.93. The predicted octanol–water partition coefficient (Wildman–Crippen LogP) is 6.69. The van der Waals surface area contributed by atoms with Gasteiger partial charge in [-0.1, -0.05) is 41.4 Å². The maximum atomic E-state index is 13.0. The average molecular weight is 488 g/mol. The lowest BCUT2D eigenvalue weighted by atomic mass is 10.1. The van der Waals surface area contributed by atoms with Crippen molar-refractivity contribution in [2.75, 3.05) is 18.1 Å². The zero-order valence-electron chi connectivity index (χ0n) is 20.2. The number of imidazole rings is 1. The number of unbranched alkanes of at least 4 members (excludes halogenated alkanes) is 1. The van der Waals surface area contributed by atoms with Crippen LogP contribution in [0, 0.1) is 13.8 Å². The molecular formula is C29H30ClN3O2. The van der Waals surface area contributed by atoms with Crippen LogP contribution in [0.5, 0.6) is 5.75 Å². The Hall–Kier alpha value is -3.31. The summed E-state index contributed by atoms with van der Waals surface area (Å²) in [5, 5.41) is 0.707. The molecule has 2 heterocycles. The molecule has 1 atom stereocenters. The number of ether oxygens (including phenoxy) is 1. The fourth-order valence-electron chi connectivity index (χ4n) is 4.96. The molecular weight excluding hydrogens is 458 g/mol. The van der Waals surface area contributed by atoms with Crippen molar-refractivity contribution in [2.45, 2.75) is 45.6 Å². The zero-order valence-corrected chi connectivity index (χ0v) is 21.0. The van der Waals surface area contributed by atoms with Gasteiger partial charge in [-0.05, 0) is 74.7 Å². The van der Waals surface area contributed by atoms with Gasteiger partial charge in [0.2, 0.25) is 5.91 Å². The number of amides is 1. The summed E-state index contributed by atoms with van der Waals surface area (Å²) in [6.45, 7) is 6.30. The third-order valence-electron chi connectivity index (χ3n) is 6.68. The van der Waals surface area contributed by atoms with Crippen LogP contribution in [-0.4, -0.2) is 28.6 Å². The van der Waals surface area contributed by atoms with Crippen molar-refractivity contribution >= 4 is 34.2 Å². The number of fused-ring (bicyclic) bond motifs is 1. The van der Waals surface area contributed by atoms with Gasteiger partial charge in [0, 0.05) is 36.1 Å². The number of aromatic nitrogens is 2. The van der Waals surface area contributed by atoms with E-state index in [9.17, 15) is 4.79 Å². The van der Waals surface area contributed by atoms with Crippen molar-refractivity contribution in [3.8, 4) is 5.75 Å². The zero-order chi connectivity index (χ0) is 24.4. The number of carbonyl (C=O) groups is 1. The highest BCUT2D eigenvalue weighted by atomic mass is 35.5. The van der Waals surface area contributed by atoms with Gasteiger partial charge in [0.05, 0.1) is 17.6 Å². The van der Waals surface area contributed by atoms with Crippen LogP contribution >= 0.6 is 11.6 Å². The topological polar surface area (TPSA) is 47.4 Å². The Labute approximate surface area is 211 Å². The van der Waals surface area contributed by atoms with Crippen molar-refractivity contribution in [3.05, 3.63) is 88.7 Å². The molecule has 5 nitrogen and oxygen atoms in total. The number of anilines is 1. The van der Waals surface area contributed by atoms with Gasteiger partial charge in [0.25, 0.3) is 0 Å². The maximum absolute atomic E-state index is 13.0. The molecule has 0 aliphatic carbocycles. The first kappa shape index (κ1) is 23.4. The van der Waals surface area contributed by atoms with E-state index in [2.05, 4.69) is 54.8 Å². The number of hydrogen-bond donors (Lipinski definition) is 0. The van der Waals surface area contributed by atoms with E-state index in [0.29, 0.717) is 24.6 Å². The van der Waals surface area contributed by atoms with Crippen LogP contribution in [-0.2, 0) is 11.3 Å². The van der Waals surface area contributed by atoms with Gasteiger partial charge in [-0.25, -0.2) is 4.98 Å². The number of nitrogens with zero attached hydrogens (tertiary/aromatic N) is 3. The Balaban J connectivity index is 1.30. The van der Waals surface area contributed by atoms with Gasteiger partial charge in [0.1, 0.15) is 11.6 Å². The molecule has 6 heteroatoms. The maximum Gasteiger partial charge on any atom is 0.227 e. The highest BCUT2D eigenvalue weighted by Gasteiger charge is 2.35. The summed E-state index contributed by atoms with van der Waals surface area (Å²) in [5.74, 6) is 2.07. The molecule has 1 aliphatic rings. The molecule has 0 N–H and O–H groups in total. The van der Waals surface area contributed by atoms with E-state index >= 15 is 0 Å². The number of para-hydroxylation sites is 2. The minimum atomic E-state index is 0.0703. The number of benzene rings is 3. The minimum absolute atomic E-state index is 0.0703. The van der Waals surface area contributed by atoms with Crippen LogP contribution in [0.25, 0.3) is 11.0 Å². The molecule has 0 spiro atoms. The lowest BCUT2D eigenvalue weighted by molar-refractivity contribution is -0.117. The minimum Gasteiger partial charge on any atom is -0.494 e. The fourth-order valence-corrected chi connectivity index (χ4v) is 5.08. The number of rotatable bonds is 8. The molecule has 1 aliphatic heterocycles. The van der Waals surface area contributed by atoms with Crippen molar-refractivity contribution in [3.63, 3.8) is 0 Å². The average Bonchev–Trinajstić information content (AvgIpc) is 3.40. The van der Waals surface area contributed by atoms with Crippen molar-refractivity contribution in [2.24, 2.45) is 0 Å². The quantitative estimate of drug-likeness (QED) is 0.260. The largest absolute Gasteiger partial charge is 0.494 e. The first-order valence-corrected chi connectivity index (χ1v) is 12.6. The highest BCUT2D eigenvalue weighted by Crippen LogP contribution is 2.35. The SMILES string of the molecule is Cc1ccc(N2CC(c3nc4ccccc4n3CCCCOc3ccc(Cl)cc3)CC2=O)c(C)c1. The molecule has 5 rings (SSSR count). The number of hydrogen-bond acceptors (Lipinski definition) is 3. The standard InChI is InChI=1S/C29H30ClN3O2/c1-20-9-14-26(21(2)17-20)33-19-22(18-28(33)34)29-31-25-7-3-4-8-27(25)32(29)15-5-6-16-35-24-12-10-23(30)11-13-24/h3-4,7-14,17,22H,5-6,15-16,18-19H2,1-2H3. The van der Waals surface area contributed by atoms with Gasteiger partial charge >= 0.3 is 0 Å². The van der Waals surface area contributed by atoms with Gasteiger partial charge in [-0.15, -0.1) is 0 Å². The second kappa shape index (κ2) is 10.1. The second-order valence-electron chi connectivity index (χ2n) is 9.32. The van der Waals surface area contributed by atoms with Crippen LogP contribution in [0.2, 0.25) is 5.02 Å². The van der Waals surface area contributed by atoms with E-state index in [4.69, 9.17) is 21.3 Å². The van der Waals surface area contributed by atoms with E-state index in [0.717, 1.165) is 53.2 Å². The molecule has 3 aromatic carbocycles.